The molecule has 0 saturated heterocycles. The van der Waals surface area contributed by atoms with Gasteiger partial charge in [0.05, 0.1) is 10.7 Å². The molecule has 0 spiro atoms. The summed E-state index contributed by atoms with van der Waals surface area (Å²) >= 11 is 13.5. The molecule has 0 atom stereocenters. The summed E-state index contributed by atoms with van der Waals surface area (Å²) in [6.45, 7) is 0. The van der Waals surface area contributed by atoms with Crippen LogP contribution in [-0.2, 0) is 0 Å². The van der Waals surface area contributed by atoms with Gasteiger partial charge < -0.3 is 11.1 Å². The predicted octanol–water partition coefficient (Wildman–Crippen LogP) is 5.19. The monoisotopic (exact) mass is 414 g/mol. The second kappa shape index (κ2) is 8.23. The largest absolute Gasteiger partial charge is 0.366 e. The first kappa shape index (κ1) is 18.9. The molecule has 0 aliphatic rings. The number of nitrogens with two attached hydrogens (primary N) is 1. The number of nitriles is 1. The van der Waals surface area contributed by atoms with Crippen molar-refractivity contribution in [2.24, 2.45) is 5.73 Å². The molecule has 0 saturated carbocycles. The van der Waals surface area contributed by atoms with E-state index in [-0.39, 0.29) is 0 Å². The minimum atomic E-state index is -0.494. The van der Waals surface area contributed by atoms with Crippen LogP contribution in [0.3, 0.4) is 0 Å². The summed E-state index contributed by atoms with van der Waals surface area (Å²) < 4.78 is 0. The fourth-order valence-electron chi connectivity index (χ4n) is 2.25. The maximum atomic E-state index is 11.1. The van der Waals surface area contributed by atoms with Gasteiger partial charge in [-0.15, -0.1) is 11.3 Å². The standard InChI is InChI=1S/C19H12Cl2N4OS/c20-13-3-6-15(16(21)7-13)17-10-27-19(25-17)12(8-22)9-24-14-4-1-11(2-5-14)18(23)26/h1-7,9-10,24H,(H2,23,26)/b12-9-. The molecular weight excluding hydrogens is 403 g/mol. The Kier molecular flexibility index (Phi) is 5.77. The van der Waals surface area contributed by atoms with Crippen LogP contribution in [0.1, 0.15) is 15.4 Å². The molecule has 0 aliphatic heterocycles. The number of thiazole rings is 1. The molecule has 1 amide bonds. The van der Waals surface area contributed by atoms with E-state index in [1.54, 1.807) is 48.7 Å². The summed E-state index contributed by atoms with van der Waals surface area (Å²) in [7, 11) is 0. The topological polar surface area (TPSA) is 91.8 Å². The van der Waals surface area contributed by atoms with Gasteiger partial charge in [-0.25, -0.2) is 4.98 Å². The summed E-state index contributed by atoms with van der Waals surface area (Å²) in [6, 6.07) is 13.9. The van der Waals surface area contributed by atoms with Crippen LogP contribution in [0.25, 0.3) is 16.8 Å². The minimum Gasteiger partial charge on any atom is -0.366 e. The molecule has 8 heteroatoms. The predicted molar refractivity (Wildman–Crippen MR) is 110 cm³/mol. The SMILES string of the molecule is N#C/C(=C/Nc1ccc(C(N)=O)cc1)c1nc(-c2ccc(Cl)cc2Cl)cs1. The van der Waals surface area contributed by atoms with Gasteiger partial charge in [-0.2, -0.15) is 5.26 Å². The molecule has 0 aliphatic carbocycles. The number of carbonyl (C=O) groups is 1. The number of allylic oxidation sites excluding steroid dienone is 1. The number of anilines is 1. The van der Waals surface area contributed by atoms with Gasteiger partial charge in [0, 0.05) is 33.4 Å². The number of halogens is 2. The number of benzene rings is 2. The third-order valence-electron chi connectivity index (χ3n) is 3.61. The second-order valence-electron chi connectivity index (χ2n) is 5.42. The van der Waals surface area contributed by atoms with Crippen LogP contribution in [0.2, 0.25) is 10.0 Å². The van der Waals surface area contributed by atoms with Crippen LogP contribution < -0.4 is 11.1 Å². The highest BCUT2D eigenvalue weighted by molar-refractivity contribution is 7.11. The number of hydrogen-bond donors (Lipinski definition) is 2. The Hall–Kier alpha value is -2.85. The van der Waals surface area contributed by atoms with Crippen LogP contribution >= 0.6 is 34.5 Å². The minimum absolute atomic E-state index is 0.371. The van der Waals surface area contributed by atoms with Gasteiger partial charge in [0.25, 0.3) is 0 Å². The Labute approximate surface area is 169 Å². The number of nitrogens with one attached hydrogen (secondary N) is 1. The Morgan fingerprint density at radius 3 is 2.59 bits per heavy atom. The first-order chi connectivity index (χ1) is 13.0. The lowest BCUT2D eigenvalue weighted by molar-refractivity contribution is 0.100. The van der Waals surface area contributed by atoms with E-state index < -0.39 is 5.91 Å². The summed E-state index contributed by atoms with van der Waals surface area (Å²) in [5, 5.41) is 15.9. The number of primary amides is 1. The summed E-state index contributed by atoms with van der Waals surface area (Å²) in [5.74, 6) is -0.494. The van der Waals surface area contributed by atoms with E-state index in [0.29, 0.717) is 37.6 Å². The van der Waals surface area contributed by atoms with Crippen molar-refractivity contribution in [1.29, 1.82) is 5.26 Å². The first-order valence-electron chi connectivity index (χ1n) is 7.66. The van der Waals surface area contributed by atoms with E-state index >= 15 is 0 Å². The summed E-state index contributed by atoms with van der Waals surface area (Å²) in [5.41, 5.74) is 8.13. The molecule has 27 heavy (non-hydrogen) atoms. The number of hydrogen-bond acceptors (Lipinski definition) is 5. The normalized spacial score (nSPS) is 11.1. The molecule has 2 aromatic carbocycles. The van der Waals surface area contributed by atoms with Crippen molar-refractivity contribution in [3.63, 3.8) is 0 Å². The van der Waals surface area contributed by atoms with E-state index in [1.165, 1.54) is 11.3 Å². The lowest BCUT2D eigenvalue weighted by atomic mass is 10.2. The lowest BCUT2D eigenvalue weighted by Crippen LogP contribution is -2.10. The van der Waals surface area contributed by atoms with Gasteiger partial charge in [-0.1, -0.05) is 23.2 Å². The maximum Gasteiger partial charge on any atom is 0.248 e. The molecule has 3 rings (SSSR count). The van der Waals surface area contributed by atoms with Crippen molar-refractivity contribution in [2.45, 2.75) is 0 Å². The molecule has 5 nitrogen and oxygen atoms in total. The van der Waals surface area contributed by atoms with Crippen LogP contribution in [0.5, 0.6) is 0 Å². The molecule has 3 aromatic rings. The number of carbonyl (C=O) groups excluding carboxylic acids is 1. The smallest absolute Gasteiger partial charge is 0.248 e. The van der Waals surface area contributed by atoms with Crippen LogP contribution in [-0.4, -0.2) is 10.9 Å². The number of aromatic nitrogens is 1. The quantitative estimate of drug-likeness (QED) is 0.561. The van der Waals surface area contributed by atoms with Crippen molar-refractivity contribution >= 4 is 51.7 Å². The van der Waals surface area contributed by atoms with Crippen molar-refractivity contribution in [3.8, 4) is 17.3 Å². The highest BCUT2D eigenvalue weighted by Gasteiger charge is 2.11. The third-order valence-corrected chi connectivity index (χ3v) is 5.04. The van der Waals surface area contributed by atoms with Gasteiger partial charge in [0.2, 0.25) is 5.91 Å². The third kappa shape index (κ3) is 4.47. The van der Waals surface area contributed by atoms with E-state index in [4.69, 9.17) is 28.9 Å². The van der Waals surface area contributed by atoms with Crippen LogP contribution in [0, 0.1) is 11.3 Å². The van der Waals surface area contributed by atoms with Crippen molar-refractivity contribution < 1.29 is 4.79 Å². The molecule has 1 heterocycles. The zero-order valence-electron chi connectivity index (χ0n) is 13.7. The molecule has 0 radical (unpaired) electrons. The molecule has 1 aromatic heterocycles. The van der Waals surface area contributed by atoms with Crippen molar-refractivity contribution in [1.82, 2.24) is 4.98 Å². The second-order valence-corrected chi connectivity index (χ2v) is 7.12. The fourth-order valence-corrected chi connectivity index (χ4v) is 3.54. The Morgan fingerprint density at radius 2 is 1.96 bits per heavy atom. The first-order valence-corrected chi connectivity index (χ1v) is 9.29. The lowest BCUT2D eigenvalue weighted by Gasteiger charge is -2.03. The number of rotatable bonds is 5. The van der Waals surface area contributed by atoms with E-state index in [0.717, 1.165) is 5.56 Å². The van der Waals surface area contributed by atoms with Crippen molar-refractivity contribution in [2.75, 3.05) is 5.32 Å². The average molecular weight is 415 g/mol. The van der Waals surface area contributed by atoms with Gasteiger partial charge >= 0.3 is 0 Å². The Bertz CT molecular complexity index is 1070. The summed E-state index contributed by atoms with van der Waals surface area (Å²) in [4.78, 5) is 15.6. The highest BCUT2D eigenvalue weighted by Crippen LogP contribution is 2.32. The number of nitrogens with zero attached hydrogens (tertiary/aromatic N) is 2. The van der Waals surface area contributed by atoms with Gasteiger partial charge in [-0.3, -0.25) is 4.79 Å². The van der Waals surface area contributed by atoms with E-state index in [2.05, 4.69) is 16.4 Å². The van der Waals surface area contributed by atoms with Crippen LogP contribution in [0.15, 0.2) is 54.0 Å². The molecule has 0 unspecified atom stereocenters. The molecule has 134 valence electrons. The van der Waals surface area contributed by atoms with E-state index in [9.17, 15) is 10.1 Å². The van der Waals surface area contributed by atoms with Gasteiger partial charge in [0.1, 0.15) is 16.6 Å². The Morgan fingerprint density at radius 1 is 1.22 bits per heavy atom. The molecule has 0 fully saturated rings. The molecule has 0 bridgehead atoms. The highest BCUT2D eigenvalue weighted by atomic mass is 35.5. The Balaban J connectivity index is 1.81. The molecule has 3 N–H and O–H groups in total. The zero-order chi connectivity index (χ0) is 19.4. The van der Waals surface area contributed by atoms with E-state index in [1.807, 2.05) is 5.38 Å². The molecular formula is C19H12Cl2N4OS. The van der Waals surface area contributed by atoms with Crippen molar-refractivity contribution in [3.05, 3.63) is 74.7 Å². The fraction of sp³-hybridized carbons (Fsp3) is 0. The van der Waals surface area contributed by atoms with Gasteiger partial charge in [-0.05, 0) is 42.5 Å². The van der Waals surface area contributed by atoms with Gasteiger partial charge in [0.15, 0.2) is 0 Å². The average Bonchev–Trinajstić information content (AvgIpc) is 3.12. The number of amides is 1. The maximum absolute atomic E-state index is 11.1. The summed E-state index contributed by atoms with van der Waals surface area (Å²) in [6.07, 6.45) is 1.56. The van der Waals surface area contributed by atoms with Crippen LogP contribution in [0.4, 0.5) is 5.69 Å². The zero-order valence-corrected chi connectivity index (χ0v) is 16.1.